The molecule has 3 heterocycles. The Kier molecular flexibility index (Phi) is 6.25. The number of aromatic nitrogens is 4. The van der Waals surface area contributed by atoms with Crippen LogP contribution in [0.25, 0.3) is 22.4 Å². The van der Waals surface area contributed by atoms with E-state index in [4.69, 9.17) is 14.2 Å². The zero-order chi connectivity index (χ0) is 26.1. The first-order valence-electron chi connectivity index (χ1n) is 12.8. The lowest BCUT2D eigenvalue weighted by Gasteiger charge is -2.15. The van der Waals surface area contributed by atoms with Crippen LogP contribution in [0.3, 0.4) is 0 Å². The summed E-state index contributed by atoms with van der Waals surface area (Å²) in [4.78, 5) is 19.3. The molecule has 3 aromatic carbocycles. The Morgan fingerprint density at radius 1 is 1.03 bits per heavy atom. The van der Waals surface area contributed by atoms with Gasteiger partial charge in [-0.15, -0.1) is 0 Å². The fourth-order valence-corrected chi connectivity index (χ4v) is 5.08. The number of H-pyrrole nitrogens is 1. The van der Waals surface area contributed by atoms with E-state index < -0.39 is 5.76 Å². The Hall–Kier alpha value is -4.65. The summed E-state index contributed by atoms with van der Waals surface area (Å²) in [5.41, 5.74) is 8.12. The number of nitrogens with zero attached hydrogens (tertiary/aromatic N) is 3. The van der Waals surface area contributed by atoms with Crippen LogP contribution in [0.2, 0.25) is 0 Å². The lowest BCUT2D eigenvalue weighted by atomic mass is 9.89. The van der Waals surface area contributed by atoms with Crippen LogP contribution in [-0.2, 0) is 19.6 Å². The highest BCUT2D eigenvalue weighted by atomic mass is 16.5. The zero-order valence-electron chi connectivity index (χ0n) is 21.4. The van der Waals surface area contributed by atoms with Gasteiger partial charge < -0.3 is 9.30 Å². The van der Waals surface area contributed by atoms with E-state index in [-0.39, 0.29) is 0 Å². The van der Waals surface area contributed by atoms with Crippen molar-refractivity contribution >= 4 is 11.1 Å². The van der Waals surface area contributed by atoms with Crippen LogP contribution in [0.1, 0.15) is 54.2 Å². The van der Waals surface area contributed by atoms with Gasteiger partial charge in [-0.25, -0.2) is 9.78 Å². The molecule has 0 saturated heterocycles. The maximum Gasteiger partial charge on any atom is 0.439 e. The summed E-state index contributed by atoms with van der Waals surface area (Å²) in [6.07, 6.45) is 4.09. The van der Waals surface area contributed by atoms with Crippen molar-refractivity contribution in [3.05, 3.63) is 123 Å². The summed E-state index contributed by atoms with van der Waals surface area (Å²) in [5, 5.41) is 3.94. The highest BCUT2D eigenvalue weighted by Gasteiger charge is 2.23. The van der Waals surface area contributed by atoms with Gasteiger partial charge in [0.25, 0.3) is 0 Å². The van der Waals surface area contributed by atoms with Crippen molar-refractivity contribution in [1.82, 2.24) is 19.7 Å². The summed E-state index contributed by atoms with van der Waals surface area (Å²) in [6.45, 7) is 5.27. The molecule has 2 aromatic heterocycles. The number of hydrogen-bond donors (Lipinski definition) is 1. The van der Waals surface area contributed by atoms with Crippen molar-refractivity contribution in [1.29, 1.82) is 0 Å². The highest BCUT2D eigenvalue weighted by Crippen LogP contribution is 2.40. The summed E-state index contributed by atoms with van der Waals surface area (Å²) in [7, 11) is 0. The van der Waals surface area contributed by atoms with Gasteiger partial charge in [0.05, 0.1) is 5.69 Å². The molecule has 0 bridgehead atoms. The third kappa shape index (κ3) is 4.47. The zero-order valence-corrected chi connectivity index (χ0v) is 21.4. The predicted molar refractivity (Wildman–Crippen MR) is 147 cm³/mol. The van der Waals surface area contributed by atoms with Gasteiger partial charge in [-0.2, -0.15) is 0 Å². The van der Waals surface area contributed by atoms with Crippen LogP contribution in [0.15, 0.2) is 88.3 Å². The second-order valence-electron chi connectivity index (χ2n) is 9.51. The average molecular weight is 505 g/mol. The molecule has 0 unspecified atom stereocenters. The van der Waals surface area contributed by atoms with Gasteiger partial charge in [0.15, 0.2) is 5.82 Å². The minimum Gasteiger partial charge on any atom is -0.488 e. The normalized spacial score (nSPS) is 13.8. The number of para-hydroxylation sites is 1. The fourth-order valence-electron chi connectivity index (χ4n) is 5.08. The van der Waals surface area contributed by atoms with E-state index in [2.05, 4.69) is 58.2 Å². The third-order valence-electron chi connectivity index (χ3n) is 6.90. The molecule has 5 aromatic rings. The van der Waals surface area contributed by atoms with E-state index in [0.29, 0.717) is 19.0 Å². The topological polar surface area (TPSA) is 85.9 Å². The Morgan fingerprint density at radius 2 is 1.84 bits per heavy atom. The Morgan fingerprint density at radius 3 is 2.63 bits per heavy atom. The fraction of sp³-hybridized carbons (Fsp3) is 0.194. The van der Waals surface area contributed by atoms with E-state index >= 15 is 0 Å². The number of nitrogens with one attached hydrogen (secondary N) is 1. The van der Waals surface area contributed by atoms with Crippen LogP contribution >= 0.6 is 0 Å². The molecule has 0 spiro atoms. The standard InChI is InChI=1S/C31H28N4O3/c1-3-9-28-32-26(22-10-5-4-6-11-22)18-35(28)17-21-14-15-24-23(16-21)19-37-27-13-8-7-12-25(27)29(24)20(2)30-33-31(36)38-34-30/h4-8,10-16,18H,3,9,17,19H2,1-2H3,(H,33,34,36)/b29-20-. The highest BCUT2D eigenvalue weighted by molar-refractivity contribution is 5.99. The van der Waals surface area contributed by atoms with E-state index in [1.54, 1.807) is 0 Å². The minimum absolute atomic E-state index is 0.410. The molecule has 1 aliphatic rings. The second-order valence-corrected chi connectivity index (χ2v) is 9.51. The number of rotatable bonds is 6. The van der Waals surface area contributed by atoms with E-state index in [9.17, 15) is 4.79 Å². The van der Waals surface area contributed by atoms with Crippen LogP contribution in [0.5, 0.6) is 5.75 Å². The molecule has 1 aliphatic heterocycles. The smallest absolute Gasteiger partial charge is 0.439 e. The van der Waals surface area contributed by atoms with E-state index in [1.807, 2.05) is 49.4 Å². The van der Waals surface area contributed by atoms with Crippen molar-refractivity contribution in [2.75, 3.05) is 0 Å². The number of imidazole rings is 1. The monoisotopic (exact) mass is 504 g/mol. The number of allylic oxidation sites excluding steroid dienone is 1. The van der Waals surface area contributed by atoms with Gasteiger partial charge in [-0.1, -0.05) is 72.7 Å². The molecule has 7 heteroatoms. The maximum atomic E-state index is 11.7. The molecule has 0 saturated carbocycles. The molecular formula is C31H28N4O3. The summed E-state index contributed by atoms with van der Waals surface area (Å²) in [5.74, 6) is 1.70. The Bertz CT molecular complexity index is 1690. The molecule has 1 N–H and O–H groups in total. The van der Waals surface area contributed by atoms with Crippen LogP contribution < -0.4 is 10.5 Å². The second kappa shape index (κ2) is 10.0. The molecule has 38 heavy (non-hydrogen) atoms. The number of hydrogen-bond acceptors (Lipinski definition) is 5. The van der Waals surface area contributed by atoms with E-state index in [0.717, 1.165) is 63.5 Å². The number of ether oxygens (including phenoxy) is 1. The van der Waals surface area contributed by atoms with E-state index in [1.165, 1.54) is 5.56 Å². The Balaban J connectivity index is 1.42. The molecule has 0 fully saturated rings. The number of aromatic amines is 1. The van der Waals surface area contributed by atoms with Gasteiger partial charge in [0.2, 0.25) is 0 Å². The SMILES string of the molecule is CCCc1nc(-c2ccccc2)cn1Cc1ccc2c(c1)COc1ccccc1/C2=C(/C)c1noc(=O)[nH]1. The molecule has 0 aliphatic carbocycles. The van der Waals surface area contributed by atoms with Gasteiger partial charge in [0.1, 0.15) is 18.2 Å². The first-order chi connectivity index (χ1) is 18.6. The molecule has 0 atom stereocenters. The predicted octanol–water partition coefficient (Wildman–Crippen LogP) is 6.10. The van der Waals surface area contributed by atoms with Gasteiger partial charge in [-0.3, -0.25) is 9.51 Å². The maximum absolute atomic E-state index is 11.7. The van der Waals surface area contributed by atoms with Crippen molar-refractivity contribution in [2.24, 2.45) is 0 Å². The lowest BCUT2D eigenvalue weighted by Crippen LogP contribution is -2.06. The van der Waals surface area contributed by atoms with Crippen LogP contribution in [-0.4, -0.2) is 19.7 Å². The summed E-state index contributed by atoms with van der Waals surface area (Å²) < 4.78 is 13.3. The molecular weight excluding hydrogens is 476 g/mol. The van der Waals surface area contributed by atoms with Gasteiger partial charge >= 0.3 is 5.76 Å². The lowest BCUT2D eigenvalue weighted by molar-refractivity contribution is 0.307. The number of aryl methyl sites for hydroxylation is 1. The number of benzene rings is 3. The summed E-state index contributed by atoms with van der Waals surface area (Å²) in [6, 6.07) is 24.7. The quantitative estimate of drug-likeness (QED) is 0.302. The first kappa shape index (κ1) is 23.7. The average Bonchev–Trinajstić information content (AvgIpc) is 3.51. The molecule has 7 nitrogen and oxygen atoms in total. The van der Waals surface area contributed by atoms with Gasteiger partial charge in [-0.05, 0) is 47.7 Å². The molecule has 190 valence electrons. The Labute approximate surface area is 220 Å². The molecule has 0 radical (unpaired) electrons. The van der Waals surface area contributed by atoms with Gasteiger partial charge in [0, 0.05) is 35.9 Å². The van der Waals surface area contributed by atoms with Crippen LogP contribution in [0, 0.1) is 0 Å². The van der Waals surface area contributed by atoms with Crippen molar-refractivity contribution in [3.63, 3.8) is 0 Å². The molecule has 6 rings (SSSR count). The van der Waals surface area contributed by atoms with Crippen molar-refractivity contribution in [2.45, 2.75) is 39.8 Å². The van der Waals surface area contributed by atoms with Crippen LogP contribution in [0.4, 0.5) is 0 Å². The molecule has 0 amide bonds. The summed E-state index contributed by atoms with van der Waals surface area (Å²) >= 11 is 0. The largest absolute Gasteiger partial charge is 0.488 e. The van der Waals surface area contributed by atoms with Crippen molar-refractivity contribution < 1.29 is 9.26 Å². The minimum atomic E-state index is -0.577. The third-order valence-corrected chi connectivity index (χ3v) is 6.90. The number of fused-ring (bicyclic) bond motifs is 2. The first-order valence-corrected chi connectivity index (χ1v) is 12.8. The van der Waals surface area contributed by atoms with Crippen molar-refractivity contribution in [3.8, 4) is 17.0 Å².